The summed E-state index contributed by atoms with van der Waals surface area (Å²) in [6.07, 6.45) is 4.17. The number of anilines is 1. The first-order valence-electron chi connectivity index (χ1n) is 6.42. The van der Waals surface area contributed by atoms with Crippen LogP contribution in [0.2, 0.25) is 0 Å². The Balaban J connectivity index is 1.93. The van der Waals surface area contributed by atoms with Crippen LogP contribution in [0.5, 0.6) is 5.75 Å². The van der Waals surface area contributed by atoms with Crippen LogP contribution in [-0.2, 0) is 4.79 Å². The number of carbonyl (C=O) groups excluding carboxylic acids is 1. The smallest absolute Gasteiger partial charge is 0.387 e. The van der Waals surface area contributed by atoms with E-state index in [4.69, 9.17) is 16.6 Å². The van der Waals surface area contributed by atoms with E-state index in [-0.39, 0.29) is 16.5 Å². The number of carbonyl (C=O) groups is 1. The molecule has 23 heavy (non-hydrogen) atoms. The highest BCUT2D eigenvalue weighted by Gasteiger charge is 2.10. The van der Waals surface area contributed by atoms with E-state index < -0.39 is 12.5 Å². The summed E-state index contributed by atoms with van der Waals surface area (Å²) >= 11 is 4.96. The average molecular weight is 338 g/mol. The molecule has 0 saturated carbocycles. The molecule has 2 aromatic rings. The molecule has 2 rings (SSSR count). The maximum atomic E-state index is 12.3. The largest absolute Gasteiger partial charge is 0.465 e. The maximum absolute atomic E-state index is 12.3. The Morgan fingerprint density at radius 3 is 2.74 bits per heavy atom. The fourth-order valence-corrected chi connectivity index (χ4v) is 1.83. The number of rotatable bonds is 5. The SMILES string of the molecule is O=C(/C=C/c1ccco1)NC(=S)Nc1ccccc1OC(F)F. The lowest BCUT2D eigenvalue weighted by Crippen LogP contribution is -2.33. The average Bonchev–Trinajstić information content (AvgIpc) is 3.00. The molecule has 1 amide bonds. The number of amides is 1. The van der Waals surface area contributed by atoms with Crippen LogP contribution in [0, 0.1) is 0 Å². The van der Waals surface area contributed by atoms with E-state index in [9.17, 15) is 13.6 Å². The lowest BCUT2D eigenvalue weighted by molar-refractivity contribution is -0.115. The molecular formula is C15H12F2N2O3S. The predicted molar refractivity (Wildman–Crippen MR) is 85.2 cm³/mol. The normalized spacial score (nSPS) is 10.7. The highest BCUT2D eigenvalue weighted by atomic mass is 32.1. The van der Waals surface area contributed by atoms with Crippen LogP contribution >= 0.6 is 12.2 Å². The van der Waals surface area contributed by atoms with Gasteiger partial charge in [-0.2, -0.15) is 8.78 Å². The summed E-state index contributed by atoms with van der Waals surface area (Å²) in [6, 6.07) is 9.37. The van der Waals surface area contributed by atoms with Gasteiger partial charge in [0.15, 0.2) is 5.11 Å². The summed E-state index contributed by atoms with van der Waals surface area (Å²) in [6.45, 7) is -2.96. The highest BCUT2D eigenvalue weighted by Crippen LogP contribution is 2.25. The first-order chi connectivity index (χ1) is 11.0. The number of furan rings is 1. The van der Waals surface area contributed by atoms with Crippen molar-refractivity contribution in [2.75, 3.05) is 5.32 Å². The molecule has 1 aromatic heterocycles. The number of alkyl halides is 2. The zero-order chi connectivity index (χ0) is 16.7. The first kappa shape index (κ1) is 16.6. The van der Waals surface area contributed by atoms with Gasteiger partial charge in [0.05, 0.1) is 12.0 Å². The van der Waals surface area contributed by atoms with Crippen LogP contribution in [0.15, 0.2) is 53.2 Å². The number of ether oxygens (including phenoxy) is 1. The molecular weight excluding hydrogens is 326 g/mol. The van der Waals surface area contributed by atoms with Gasteiger partial charge in [0, 0.05) is 6.08 Å². The molecule has 1 aromatic carbocycles. The van der Waals surface area contributed by atoms with Gasteiger partial charge >= 0.3 is 6.61 Å². The summed E-state index contributed by atoms with van der Waals surface area (Å²) in [4.78, 5) is 11.7. The van der Waals surface area contributed by atoms with Gasteiger partial charge in [-0.25, -0.2) is 0 Å². The number of halogens is 2. The molecule has 0 radical (unpaired) electrons. The number of thiocarbonyl (C=S) groups is 1. The lowest BCUT2D eigenvalue weighted by Gasteiger charge is -2.13. The van der Waals surface area contributed by atoms with Crippen molar-refractivity contribution in [1.82, 2.24) is 5.32 Å². The third-order valence-electron chi connectivity index (χ3n) is 2.53. The van der Waals surface area contributed by atoms with Crippen LogP contribution < -0.4 is 15.4 Å². The van der Waals surface area contributed by atoms with Gasteiger partial charge in [-0.1, -0.05) is 12.1 Å². The molecule has 1 heterocycles. The maximum Gasteiger partial charge on any atom is 0.387 e. The molecule has 0 aliphatic heterocycles. The third-order valence-corrected chi connectivity index (χ3v) is 2.73. The lowest BCUT2D eigenvalue weighted by atomic mass is 10.3. The minimum absolute atomic E-state index is 0.0515. The molecule has 0 fully saturated rings. The van der Waals surface area contributed by atoms with E-state index in [2.05, 4.69) is 15.4 Å². The van der Waals surface area contributed by atoms with Crippen molar-refractivity contribution < 1.29 is 22.7 Å². The Morgan fingerprint density at radius 2 is 2.04 bits per heavy atom. The second-order valence-electron chi connectivity index (χ2n) is 4.17. The fraction of sp³-hybridized carbons (Fsp3) is 0.0667. The number of hydrogen-bond acceptors (Lipinski definition) is 4. The zero-order valence-electron chi connectivity index (χ0n) is 11.7. The van der Waals surface area contributed by atoms with Crippen molar-refractivity contribution in [3.63, 3.8) is 0 Å². The van der Waals surface area contributed by atoms with E-state index in [1.807, 2.05) is 0 Å². The van der Waals surface area contributed by atoms with Gasteiger partial charge in [-0.05, 0) is 42.6 Å². The fourth-order valence-electron chi connectivity index (χ4n) is 1.62. The predicted octanol–water partition coefficient (Wildman–Crippen LogP) is 3.41. The quantitative estimate of drug-likeness (QED) is 0.646. The van der Waals surface area contributed by atoms with E-state index in [1.165, 1.54) is 36.6 Å². The van der Waals surface area contributed by atoms with Crippen LogP contribution in [0.3, 0.4) is 0 Å². The summed E-state index contributed by atoms with van der Waals surface area (Å²) in [7, 11) is 0. The van der Waals surface area contributed by atoms with Crippen molar-refractivity contribution in [3.8, 4) is 5.75 Å². The molecule has 0 aliphatic carbocycles. The van der Waals surface area contributed by atoms with Crippen LogP contribution in [0.1, 0.15) is 5.76 Å². The number of hydrogen-bond donors (Lipinski definition) is 2. The van der Waals surface area contributed by atoms with Gasteiger partial charge in [0.2, 0.25) is 5.91 Å². The third kappa shape index (κ3) is 5.51. The Morgan fingerprint density at radius 1 is 1.26 bits per heavy atom. The van der Waals surface area contributed by atoms with Crippen LogP contribution in [0.4, 0.5) is 14.5 Å². The molecule has 0 bridgehead atoms. The second-order valence-corrected chi connectivity index (χ2v) is 4.58. The summed E-state index contributed by atoms with van der Waals surface area (Å²) in [5.74, 6) is -0.0638. The van der Waals surface area contributed by atoms with Crippen molar-refractivity contribution in [2.45, 2.75) is 6.61 Å². The minimum atomic E-state index is -2.96. The number of para-hydroxylation sites is 2. The summed E-state index contributed by atoms with van der Waals surface area (Å²) < 4.78 is 34.0. The zero-order valence-corrected chi connectivity index (χ0v) is 12.5. The number of nitrogens with one attached hydrogen (secondary N) is 2. The van der Waals surface area contributed by atoms with Gasteiger partial charge in [-0.3, -0.25) is 10.1 Å². The monoisotopic (exact) mass is 338 g/mol. The highest BCUT2D eigenvalue weighted by molar-refractivity contribution is 7.80. The van der Waals surface area contributed by atoms with Gasteiger partial charge in [-0.15, -0.1) is 0 Å². The second kappa shape index (κ2) is 8.04. The first-order valence-corrected chi connectivity index (χ1v) is 6.83. The van der Waals surface area contributed by atoms with Crippen molar-refractivity contribution >= 4 is 35.0 Å². The molecule has 2 N–H and O–H groups in total. The van der Waals surface area contributed by atoms with Gasteiger partial charge in [0.1, 0.15) is 11.5 Å². The summed E-state index contributed by atoms with van der Waals surface area (Å²) in [5, 5.41) is 4.95. The Kier molecular flexibility index (Phi) is 5.81. The molecule has 5 nitrogen and oxygen atoms in total. The standard InChI is InChI=1S/C15H12F2N2O3S/c16-14(17)22-12-6-2-1-5-11(12)18-15(23)19-13(20)8-7-10-4-3-9-21-10/h1-9,14H,(H2,18,19,20,23)/b8-7+. The van der Waals surface area contributed by atoms with E-state index in [1.54, 1.807) is 18.2 Å². The molecule has 0 unspecified atom stereocenters. The van der Waals surface area contributed by atoms with Crippen molar-refractivity contribution in [2.24, 2.45) is 0 Å². The van der Waals surface area contributed by atoms with Crippen LogP contribution in [0.25, 0.3) is 6.08 Å². The molecule has 120 valence electrons. The van der Waals surface area contributed by atoms with Crippen molar-refractivity contribution in [1.29, 1.82) is 0 Å². The van der Waals surface area contributed by atoms with E-state index >= 15 is 0 Å². The molecule has 8 heteroatoms. The summed E-state index contributed by atoms with van der Waals surface area (Å²) in [5.41, 5.74) is 0.216. The Bertz CT molecular complexity index is 703. The minimum Gasteiger partial charge on any atom is -0.465 e. The van der Waals surface area contributed by atoms with Crippen LogP contribution in [-0.4, -0.2) is 17.6 Å². The number of benzene rings is 1. The van der Waals surface area contributed by atoms with E-state index in [0.29, 0.717) is 5.76 Å². The topological polar surface area (TPSA) is 63.5 Å². The van der Waals surface area contributed by atoms with E-state index in [0.717, 1.165) is 0 Å². The molecule has 0 atom stereocenters. The molecule has 0 aliphatic rings. The van der Waals surface area contributed by atoms with Gasteiger partial charge < -0.3 is 14.5 Å². The Labute approximate surface area is 135 Å². The van der Waals surface area contributed by atoms with Gasteiger partial charge in [0.25, 0.3) is 0 Å². The van der Waals surface area contributed by atoms with Crippen molar-refractivity contribution in [3.05, 3.63) is 54.5 Å². The Hall–Kier alpha value is -2.74. The molecule has 0 saturated heterocycles. The molecule has 0 spiro atoms.